The fourth-order valence-corrected chi connectivity index (χ4v) is 3.37. The lowest BCUT2D eigenvalue weighted by Crippen LogP contribution is -2.43. The van der Waals surface area contributed by atoms with Crippen LogP contribution in [0.25, 0.3) is 0 Å². The van der Waals surface area contributed by atoms with E-state index in [-0.39, 0.29) is 11.9 Å². The largest absolute Gasteiger partial charge is 0.465 e. The molecule has 1 aliphatic rings. The van der Waals surface area contributed by atoms with Crippen LogP contribution >= 0.6 is 0 Å². The Morgan fingerprint density at radius 2 is 2.00 bits per heavy atom. The first kappa shape index (κ1) is 18.8. The number of hydrogen-bond acceptors (Lipinski definition) is 6. The summed E-state index contributed by atoms with van der Waals surface area (Å²) < 4.78 is 4.79. The fraction of sp³-hybridized carbons (Fsp3) is 0.400. The maximum atomic E-state index is 12.8. The Morgan fingerprint density at radius 3 is 2.70 bits per heavy atom. The topological polar surface area (TPSA) is 84.4 Å². The smallest absolute Gasteiger partial charge is 0.339 e. The van der Waals surface area contributed by atoms with Gasteiger partial charge in [0.1, 0.15) is 0 Å². The van der Waals surface area contributed by atoms with Gasteiger partial charge >= 0.3 is 5.97 Å². The predicted molar refractivity (Wildman–Crippen MR) is 102 cm³/mol. The van der Waals surface area contributed by atoms with Gasteiger partial charge in [-0.25, -0.2) is 4.79 Å². The molecule has 1 aromatic carbocycles. The van der Waals surface area contributed by atoms with Crippen molar-refractivity contribution in [2.75, 3.05) is 19.0 Å². The van der Waals surface area contributed by atoms with E-state index in [4.69, 9.17) is 4.74 Å². The highest BCUT2D eigenvalue weighted by Crippen LogP contribution is 2.23. The molecule has 1 atom stereocenters. The summed E-state index contributed by atoms with van der Waals surface area (Å²) in [4.78, 5) is 26.5. The number of carbonyl (C=O) groups excluding carboxylic acids is 2. The predicted octanol–water partition coefficient (Wildman–Crippen LogP) is 3.41. The Labute approximate surface area is 158 Å². The lowest BCUT2D eigenvalue weighted by molar-refractivity contribution is 0.0593. The van der Waals surface area contributed by atoms with Crippen molar-refractivity contribution in [2.24, 2.45) is 0 Å². The minimum absolute atomic E-state index is 0.0736. The number of nitrogens with zero attached hydrogens (tertiary/aromatic N) is 3. The van der Waals surface area contributed by atoms with Crippen molar-refractivity contribution in [3.63, 3.8) is 0 Å². The van der Waals surface area contributed by atoms with E-state index in [2.05, 4.69) is 22.4 Å². The van der Waals surface area contributed by atoms with Crippen molar-refractivity contribution in [1.29, 1.82) is 0 Å². The summed E-state index contributed by atoms with van der Waals surface area (Å²) in [5.74, 6) is -0.0577. The molecule has 1 N–H and O–H groups in total. The minimum Gasteiger partial charge on any atom is -0.465 e. The number of anilines is 2. The molecule has 2 heterocycles. The molecule has 1 unspecified atom stereocenters. The molecule has 1 aliphatic heterocycles. The van der Waals surface area contributed by atoms with Gasteiger partial charge in [-0.2, -0.15) is 0 Å². The molecule has 27 heavy (non-hydrogen) atoms. The highest BCUT2D eigenvalue weighted by Gasteiger charge is 2.27. The van der Waals surface area contributed by atoms with Crippen LogP contribution in [0, 0.1) is 0 Å². The van der Waals surface area contributed by atoms with Crippen molar-refractivity contribution < 1.29 is 14.3 Å². The lowest BCUT2D eigenvalue weighted by Gasteiger charge is -2.34. The molecule has 3 rings (SSSR count). The van der Waals surface area contributed by atoms with E-state index >= 15 is 0 Å². The van der Waals surface area contributed by atoms with E-state index in [9.17, 15) is 9.59 Å². The first-order valence-corrected chi connectivity index (χ1v) is 9.23. The van der Waals surface area contributed by atoms with Gasteiger partial charge in [-0.1, -0.05) is 19.1 Å². The number of para-hydroxylation sites is 1. The van der Waals surface area contributed by atoms with E-state index in [1.807, 2.05) is 4.90 Å². The average Bonchev–Trinajstić information content (AvgIpc) is 2.73. The summed E-state index contributed by atoms with van der Waals surface area (Å²) in [6.07, 6.45) is 4.18. The first-order chi connectivity index (χ1) is 13.1. The van der Waals surface area contributed by atoms with Crippen LogP contribution in [0.15, 0.2) is 36.4 Å². The summed E-state index contributed by atoms with van der Waals surface area (Å²) in [6.45, 7) is 2.87. The second-order valence-corrected chi connectivity index (χ2v) is 6.52. The maximum Gasteiger partial charge on any atom is 0.339 e. The molecule has 1 fully saturated rings. The molecule has 7 nitrogen and oxygen atoms in total. The third-order valence-electron chi connectivity index (χ3n) is 4.84. The molecular formula is C20H24N4O3. The molecule has 0 spiro atoms. The summed E-state index contributed by atoms with van der Waals surface area (Å²) in [5.41, 5.74) is 1.31. The van der Waals surface area contributed by atoms with Gasteiger partial charge in [0.15, 0.2) is 11.5 Å². The van der Waals surface area contributed by atoms with Crippen molar-refractivity contribution in [1.82, 2.24) is 15.1 Å². The zero-order chi connectivity index (χ0) is 19.2. The monoisotopic (exact) mass is 368 g/mol. The number of nitrogens with one attached hydrogen (secondary N) is 1. The Morgan fingerprint density at radius 1 is 1.19 bits per heavy atom. The lowest BCUT2D eigenvalue weighted by atomic mass is 9.99. The van der Waals surface area contributed by atoms with Crippen molar-refractivity contribution >= 4 is 23.4 Å². The summed E-state index contributed by atoms with van der Waals surface area (Å²) in [6, 6.07) is 10.6. The molecule has 2 aromatic rings. The average molecular weight is 368 g/mol. The quantitative estimate of drug-likeness (QED) is 0.814. The fourth-order valence-electron chi connectivity index (χ4n) is 3.37. The van der Waals surface area contributed by atoms with Gasteiger partial charge in [0.25, 0.3) is 5.91 Å². The van der Waals surface area contributed by atoms with Gasteiger partial charge in [0.05, 0.1) is 18.4 Å². The molecule has 0 radical (unpaired) electrons. The zero-order valence-electron chi connectivity index (χ0n) is 15.6. The Bertz CT molecular complexity index is 807. The van der Waals surface area contributed by atoms with Gasteiger partial charge in [0.2, 0.25) is 0 Å². The maximum absolute atomic E-state index is 12.8. The van der Waals surface area contributed by atoms with Gasteiger partial charge in [0, 0.05) is 12.6 Å². The number of aromatic nitrogens is 2. The summed E-state index contributed by atoms with van der Waals surface area (Å²) in [7, 11) is 1.34. The van der Waals surface area contributed by atoms with Crippen LogP contribution in [-0.4, -0.2) is 46.7 Å². The number of esters is 1. The Balaban J connectivity index is 1.74. The molecular weight excluding hydrogens is 344 g/mol. The molecule has 0 bridgehead atoms. The highest BCUT2D eigenvalue weighted by molar-refractivity contribution is 5.96. The second kappa shape index (κ2) is 8.62. The Kier molecular flexibility index (Phi) is 6.01. The van der Waals surface area contributed by atoms with Gasteiger partial charge in [-0.05, 0) is 49.9 Å². The zero-order valence-corrected chi connectivity index (χ0v) is 15.6. The molecule has 1 aromatic heterocycles. The SMILES string of the molecule is CCC1CCCCN1C(=O)c1ccc(Nc2ccccc2C(=O)OC)nn1. The summed E-state index contributed by atoms with van der Waals surface area (Å²) >= 11 is 0. The molecule has 142 valence electrons. The standard InChI is InChI=1S/C20H24N4O3/c1-3-14-8-6-7-13-24(14)19(25)17-11-12-18(23-22-17)21-16-10-5-4-9-15(16)20(26)27-2/h4-5,9-12,14H,3,6-8,13H2,1-2H3,(H,21,23). The molecule has 1 amide bonds. The number of benzene rings is 1. The van der Waals surface area contributed by atoms with Crippen molar-refractivity contribution in [3.05, 3.63) is 47.7 Å². The number of rotatable bonds is 5. The summed E-state index contributed by atoms with van der Waals surface area (Å²) in [5, 5.41) is 11.3. The van der Waals surface area contributed by atoms with Gasteiger partial charge in [-0.15, -0.1) is 10.2 Å². The number of methoxy groups -OCH3 is 1. The molecule has 7 heteroatoms. The molecule has 1 saturated heterocycles. The first-order valence-electron chi connectivity index (χ1n) is 9.23. The van der Waals surface area contributed by atoms with Crippen LogP contribution < -0.4 is 5.32 Å². The van der Waals surface area contributed by atoms with Crippen LogP contribution in [0.1, 0.15) is 53.5 Å². The Hall–Kier alpha value is -2.96. The highest BCUT2D eigenvalue weighted by atomic mass is 16.5. The van der Waals surface area contributed by atoms with Crippen molar-refractivity contribution in [2.45, 2.75) is 38.6 Å². The van der Waals surface area contributed by atoms with E-state index in [1.54, 1.807) is 36.4 Å². The third kappa shape index (κ3) is 4.24. The number of likely N-dealkylation sites (tertiary alicyclic amines) is 1. The van der Waals surface area contributed by atoms with E-state index in [1.165, 1.54) is 7.11 Å². The molecule has 0 saturated carbocycles. The van der Waals surface area contributed by atoms with Crippen LogP contribution in [-0.2, 0) is 4.74 Å². The number of amides is 1. The normalized spacial score (nSPS) is 16.7. The number of piperidine rings is 1. The van der Waals surface area contributed by atoms with Crippen LogP contribution in [0.2, 0.25) is 0 Å². The number of hydrogen-bond donors (Lipinski definition) is 1. The van der Waals surface area contributed by atoms with E-state index in [0.29, 0.717) is 22.8 Å². The second-order valence-electron chi connectivity index (χ2n) is 6.52. The van der Waals surface area contributed by atoms with E-state index < -0.39 is 5.97 Å². The van der Waals surface area contributed by atoms with Crippen LogP contribution in [0.3, 0.4) is 0 Å². The third-order valence-corrected chi connectivity index (χ3v) is 4.84. The number of ether oxygens (including phenoxy) is 1. The van der Waals surface area contributed by atoms with Gasteiger partial charge < -0.3 is 15.0 Å². The minimum atomic E-state index is -0.437. The van der Waals surface area contributed by atoms with Crippen molar-refractivity contribution in [3.8, 4) is 0 Å². The number of carbonyl (C=O) groups is 2. The van der Waals surface area contributed by atoms with E-state index in [0.717, 1.165) is 32.2 Å². The van der Waals surface area contributed by atoms with Gasteiger partial charge in [-0.3, -0.25) is 4.79 Å². The van der Waals surface area contributed by atoms with Crippen LogP contribution in [0.5, 0.6) is 0 Å². The van der Waals surface area contributed by atoms with Crippen LogP contribution in [0.4, 0.5) is 11.5 Å². The molecule has 0 aliphatic carbocycles.